The second-order valence-corrected chi connectivity index (χ2v) is 8.85. The van der Waals surface area contributed by atoms with Gasteiger partial charge in [-0.1, -0.05) is 24.3 Å². The number of hydrogen-bond donors (Lipinski definition) is 2. The highest BCUT2D eigenvalue weighted by molar-refractivity contribution is 7.80. The van der Waals surface area contributed by atoms with E-state index < -0.39 is 6.36 Å². The number of fused-ring (bicyclic) bond motifs is 1. The molecule has 3 aromatic carbocycles. The molecule has 10 heteroatoms. The van der Waals surface area contributed by atoms with E-state index in [1.807, 2.05) is 50.2 Å². The maximum atomic E-state index is 12.3. The molecule has 0 amide bonds. The highest BCUT2D eigenvalue weighted by atomic mass is 32.1. The van der Waals surface area contributed by atoms with Crippen molar-refractivity contribution in [2.75, 3.05) is 5.32 Å². The zero-order valence-corrected chi connectivity index (χ0v) is 19.7. The van der Waals surface area contributed by atoms with Gasteiger partial charge in [-0.2, -0.15) is 5.10 Å². The number of hydrazone groups is 1. The van der Waals surface area contributed by atoms with Crippen molar-refractivity contribution in [3.8, 4) is 16.3 Å². The second kappa shape index (κ2) is 9.78. The number of rotatable bonds is 5. The fraction of sp³-hybridized carbons (Fsp3) is 0.125. The van der Waals surface area contributed by atoms with Crippen LogP contribution in [0.25, 0.3) is 20.8 Å². The van der Waals surface area contributed by atoms with E-state index in [9.17, 15) is 13.2 Å². The van der Waals surface area contributed by atoms with Crippen LogP contribution < -0.4 is 15.5 Å². The Morgan fingerprint density at radius 1 is 1.06 bits per heavy atom. The zero-order valence-electron chi connectivity index (χ0n) is 18.1. The minimum absolute atomic E-state index is 0.270. The van der Waals surface area contributed by atoms with Crippen molar-refractivity contribution in [3.05, 3.63) is 77.4 Å². The molecule has 0 fully saturated rings. The highest BCUT2D eigenvalue weighted by Gasteiger charge is 2.31. The third-order valence-corrected chi connectivity index (χ3v) is 6.12. The lowest BCUT2D eigenvalue weighted by Crippen LogP contribution is -2.24. The third-order valence-electron chi connectivity index (χ3n) is 4.85. The molecule has 4 aromatic rings. The Kier molecular flexibility index (Phi) is 6.80. The molecule has 2 N–H and O–H groups in total. The predicted molar refractivity (Wildman–Crippen MR) is 135 cm³/mol. The number of anilines is 1. The topological polar surface area (TPSA) is 58.5 Å². The normalized spacial score (nSPS) is 11.7. The Bertz CT molecular complexity index is 1340. The molecule has 0 unspecified atom stereocenters. The molecule has 0 saturated heterocycles. The summed E-state index contributed by atoms with van der Waals surface area (Å²) >= 11 is 6.77. The molecule has 0 aliphatic carbocycles. The summed E-state index contributed by atoms with van der Waals surface area (Å²) in [7, 11) is 0. The highest BCUT2D eigenvalue weighted by Crippen LogP contribution is 2.32. The minimum Gasteiger partial charge on any atom is -0.406 e. The summed E-state index contributed by atoms with van der Waals surface area (Å²) in [6.07, 6.45) is -3.08. The van der Waals surface area contributed by atoms with Gasteiger partial charge in [0.1, 0.15) is 10.8 Å². The van der Waals surface area contributed by atoms with Gasteiger partial charge in [0.2, 0.25) is 0 Å². The predicted octanol–water partition coefficient (Wildman–Crippen LogP) is 6.80. The van der Waals surface area contributed by atoms with Crippen molar-refractivity contribution in [1.29, 1.82) is 0 Å². The number of para-hydroxylation sites is 1. The Morgan fingerprint density at radius 3 is 2.44 bits per heavy atom. The molecule has 0 radical (unpaired) electrons. The number of nitrogens with one attached hydrogen (secondary N) is 2. The lowest BCUT2D eigenvalue weighted by molar-refractivity contribution is -0.274. The van der Waals surface area contributed by atoms with Crippen LogP contribution in [0.15, 0.2) is 65.8 Å². The molecule has 1 aromatic heterocycles. The second-order valence-electron chi connectivity index (χ2n) is 7.41. The van der Waals surface area contributed by atoms with Gasteiger partial charge in [-0.15, -0.1) is 24.5 Å². The first-order valence-electron chi connectivity index (χ1n) is 10.1. The van der Waals surface area contributed by atoms with E-state index >= 15 is 0 Å². The zero-order chi connectivity index (χ0) is 24.3. The number of thiocarbonyl (C=S) groups is 1. The fourth-order valence-corrected chi connectivity index (χ4v) is 4.37. The van der Waals surface area contributed by atoms with Gasteiger partial charge in [0.05, 0.1) is 16.4 Å². The summed E-state index contributed by atoms with van der Waals surface area (Å²) in [6, 6.07) is 17.3. The summed E-state index contributed by atoms with van der Waals surface area (Å²) in [5.41, 5.74) is 8.22. The number of halogens is 3. The van der Waals surface area contributed by atoms with Crippen LogP contribution in [0, 0.1) is 13.8 Å². The molecule has 34 heavy (non-hydrogen) atoms. The summed E-state index contributed by atoms with van der Waals surface area (Å²) in [5, 5.41) is 8.43. The molecule has 1 heterocycles. The number of aryl methyl sites for hydroxylation is 2. The van der Waals surface area contributed by atoms with Crippen LogP contribution in [0.2, 0.25) is 0 Å². The van der Waals surface area contributed by atoms with Gasteiger partial charge in [-0.3, -0.25) is 5.43 Å². The van der Waals surface area contributed by atoms with E-state index in [0.717, 1.165) is 32.6 Å². The first-order chi connectivity index (χ1) is 16.2. The van der Waals surface area contributed by atoms with E-state index in [0.29, 0.717) is 15.7 Å². The number of hydrogen-bond acceptors (Lipinski definition) is 5. The van der Waals surface area contributed by atoms with E-state index in [1.165, 1.54) is 23.5 Å². The van der Waals surface area contributed by atoms with Crippen LogP contribution >= 0.6 is 23.6 Å². The molecule has 0 bridgehead atoms. The molecule has 0 atom stereocenters. The van der Waals surface area contributed by atoms with Crippen molar-refractivity contribution in [2.45, 2.75) is 20.2 Å². The van der Waals surface area contributed by atoms with Gasteiger partial charge in [-0.25, -0.2) is 4.98 Å². The number of thiazole rings is 1. The Hall–Kier alpha value is -3.50. The van der Waals surface area contributed by atoms with Crippen LogP contribution in [0.4, 0.5) is 18.9 Å². The van der Waals surface area contributed by atoms with Gasteiger partial charge in [0.15, 0.2) is 5.11 Å². The van der Waals surface area contributed by atoms with Gasteiger partial charge in [0.25, 0.3) is 0 Å². The maximum Gasteiger partial charge on any atom is 0.573 e. The molecule has 5 nitrogen and oxygen atoms in total. The summed E-state index contributed by atoms with van der Waals surface area (Å²) < 4.78 is 41.9. The van der Waals surface area contributed by atoms with E-state index in [2.05, 4.69) is 25.6 Å². The molecule has 0 aliphatic rings. The monoisotopic (exact) mass is 500 g/mol. The fourth-order valence-electron chi connectivity index (χ4n) is 3.27. The molecular weight excluding hydrogens is 481 g/mol. The van der Waals surface area contributed by atoms with E-state index in [-0.39, 0.29) is 5.75 Å². The summed E-state index contributed by atoms with van der Waals surface area (Å²) in [4.78, 5) is 4.60. The van der Waals surface area contributed by atoms with Gasteiger partial charge in [-0.05, 0) is 79.2 Å². The Labute approximate surface area is 203 Å². The quantitative estimate of drug-likeness (QED) is 0.179. The smallest absolute Gasteiger partial charge is 0.406 e. The first-order valence-corrected chi connectivity index (χ1v) is 11.3. The first kappa shape index (κ1) is 23.7. The molecule has 0 saturated carbocycles. The van der Waals surface area contributed by atoms with Crippen LogP contribution in [0.3, 0.4) is 0 Å². The molecule has 0 spiro atoms. The Morgan fingerprint density at radius 2 is 1.76 bits per heavy atom. The maximum absolute atomic E-state index is 12.3. The molecule has 4 rings (SSSR count). The molecule has 174 valence electrons. The lowest BCUT2D eigenvalue weighted by atomic mass is 10.1. The number of ether oxygens (including phenoxy) is 1. The molecular formula is C24H19F3N4OS2. The Balaban J connectivity index is 1.43. The largest absolute Gasteiger partial charge is 0.573 e. The average Bonchev–Trinajstić information content (AvgIpc) is 3.19. The summed E-state index contributed by atoms with van der Waals surface area (Å²) in [5.74, 6) is -0.270. The number of aromatic nitrogens is 1. The molecule has 0 aliphatic heterocycles. The average molecular weight is 501 g/mol. The van der Waals surface area contributed by atoms with Crippen molar-refractivity contribution in [3.63, 3.8) is 0 Å². The van der Waals surface area contributed by atoms with Gasteiger partial charge < -0.3 is 10.1 Å². The number of benzene rings is 3. The summed E-state index contributed by atoms with van der Waals surface area (Å²) in [6.45, 7) is 4.01. The van der Waals surface area contributed by atoms with Crippen LogP contribution in [-0.4, -0.2) is 22.7 Å². The number of nitrogens with zero attached hydrogens (tertiary/aromatic N) is 2. The number of alkyl halides is 3. The standard InChI is InChI=1S/C24H19F3N4OS2/c1-14-4-3-5-15(2)21(14)30-23(33)31-28-13-16-6-11-20-19(12-16)29-22(34-20)17-7-9-18(10-8-17)32-24(25,26)27/h3-13H,1-2H3,(H2,30,31,33). The van der Waals surface area contributed by atoms with E-state index in [1.54, 1.807) is 18.3 Å². The van der Waals surface area contributed by atoms with Crippen molar-refractivity contribution < 1.29 is 17.9 Å². The lowest BCUT2D eigenvalue weighted by Gasteiger charge is -2.12. The SMILES string of the molecule is Cc1cccc(C)c1NC(=S)NN=Cc1ccc2sc(-c3ccc(OC(F)(F)F)cc3)nc2c1. The van der Waals surface area contributed by atoms with Crippen LogP contribution in [-0.2, 0) is 0 Å². The minimum atomic E-state index is -4.72. The van der Waals surface area contributed by atoms with Crippen molar-refractivity contribution >= 4 is 50.8 Å². The van der Waals surface area contributed by atoms with E-state index in [4.69, 9.17) is 12.2 Å². The third kappa shape index (κ3) is 5.89. The van der Waals surface area contributed by atoms with Crippen molar-refractivity contribution in [2.24, 2.45) is 5.10 Å². The van der Waals surface area contributed by atoms with Crippen LogP contribution in [0.5, 0.6) is 5.75 Å². The van der Waals surface area contributed by atoms with Gasteiger partial charge in [0, 0.05) is 11.3 Å². The van der Waals surface area contributed by atoms with Gasteiger partial charge >= 0.3 is 6.36 Å². The van der Waals surface area contributed by atoms with Crippen molar-refractivity contribution in [1.82, 2.24) is 10.4 Å². The van der Waals surface area contributed by atoms with Crippen LogP contribution in [0.1, 0.15) is 16.7 Å².